The van der Waals surface area contributed by atoms with Gasteiger partial charge >= 0.3 is 0 Å². The molecule has 0 unspecified atom stereocenters. The van der Waals surface area contributed by atoms with Gasteiger partial charge in [0.1, 0.15) is 5.75 Å². The van der Waals surface area contributed by atoms with E-state index < -0.39 is 15.9 Å². The summed E-state index contributed by atoms with van der Waals surface area (Å²) in [5, 5.41) is 0. The van der Waals surface area contributed by atoms with E-state index in [1.54, 1.807) is 24.3 Å². The van der Waals surface area contributed by atoms with E-state index in [-0.39, 0.29) is 16.1 Å². The van der Waals surface area contributed by atoms with E-state index in [0.717, 1.165) is 12.8 Å². The highest BCUT2D eigenvalue weighted by Gasteiger charge is 2.15. The van der Waals surface area contributed by atoms with Crippen LogP contribution in [0.3, 0.4) is 0 Å². The first-order chi connectivity index (χ1) is 15.4. The Balaban J connectivity index is 1.70. The molecule has 0 saturated heterocycles. The maximum Gasteiger partial charge on any atom is 0.261 e. The number of amides is 1. The van der Waals surface area contributed by atoms with Gasteiger partial charge in [0.05, 0.1) is 11.5 Å². The van der Waals surface area contributed by atoms with Crippen LogP contribution in [0, 0.1) is 0 Å². The van der Waals surface area contributed by atoms with Crippen molar-refractivity contribution in [1.82, 2.24) is 0 Å². The summed E-state index contributed by atoms with van der Waals surface area (Å²) in [7, 11) is -3.78. The number of nitrogens with one attached hydrogen (secondary N) is 1. The van der Waals surface area contributed by atoms with E-state index in [9.17, 15) is 13.2 Å². The number of carbonyl (C=O) groups is 1. The molecule has 0 aliphatic carbocycles. The highest BCUT2D eigenvalue weighted by atomic mass is 32.2. The molecular formula is C25H36N2O4S. The summed E-state index contributed by atoms with van der Waals surface area (Å²) in [4.78, 5) is 11.4. The van der Waals surface area contributed by atoms with Gasteiger partial charge in [-0.2, -0.15) is 0 Å². The average molecular weight is 461 g/mol. The molecular weight excluding hydrogens is 424 g/mol. The van der Waals surface area contributed by atoms with Crippen molar-refractivity contribution in [3.8, 4) is 5.75 Å². The van der Waals surface area contributed by atoms with E-state index in [4.69, 9.17) is 10.5 Å². The van der Waals surface area contributed by atoms with Gasteiger partial charge in [0.2, 0.25) is 5.91 Å². The number of nitrogens with two attached hydrogens (primary N) is 1. The zero-order valence-electron chi connectivity index (χ0n) is 19.0. The van der Waals surface area contributed by atoms with Gasteiger partial charge in [0.15, 0.2) is 0 Å². The Labute approximate surface area is 192 Å². The summed E-state index contributed by atoms with van der Waals surface area (Å²) in [6.45, 7) is 2.87. The molecule has 0 atom stereocenters. The van der Waals surface area contributed by atoms with Gasteiger partial charge in [-0.15, -0.1) is 0 Å². The number of anilines is 1. The summed E-state index contributed by atoms with van der Waals surface area (Å²) in [6, 6.07) is 12.4. The molecule has 0 aliphatic rings. The number of carbonyl (C=O) groups excluding carboxylic acids is 1. The van der Waals surface area contributed by atoms with Crippen molar-refractivity contribution in [3.63, 3.8) is 0 Å². The van der Waals surface area contributed by atoms with Gasteiger partial charge in [0.25, 0.3) is 10.0 Å². The second-order valence-corrected chi connectivity index (χ2v) is 9.73. The highest BCUT2D eigenvalue weighted by Crippen LogP contribution is 2.20. The van der Waals surface area contributed by atoms with Crippen molar-refractivity contribution in [2.45, 2.75) is 76.0 Å². The molecule has 6 nitrogen and oxygen atoms in total. The Bertz CT molecular complexity index is 927. The first-order valence-corrected chi connectivity index (χ1v) is 13.1. The summed E-state index contributed by atoms with van der Waals surface area (Å²) in [5.74, 6) is 0.0329. The van der Waals surface area contributed by atoms with Gasteiger partial charge in [-0.3, -0.25) is 9.52 Å². The van der Waals surface area contributed by atoms with Crippen LogP contribution in [0.2, 0.25) is 0 Å². The third-order valence-corrected chi connectivity index (χ3v) is 6.70. The Morgan fingerprint density at radius 2 is 1.47 bits per heavy atom. The lowest BCUT2D eigenvalue weighted by molar-refractivity contribution is 0.100. The largest absolute Gasteiger partial charge is 0.494 e. The first kappa shape index (κ1) is 25.7. The lowest BCUT2D eigenvalue weighted by atomic mass is 10.1. The molecule has 2 rings (SSSR count). The average Bonchev–Trinajstić information content (AvgIpc) is 2.77. The number of unbranched alkanes of at least 4 members (excludes halogenated alkanes) is 9. The molecule has 2 aromatic carbocycles. The fourth-order valence-electron chi connectivity index (χ4n) is 3.44. The van der Waals surface area contributed by atoms with E-state index >= 15 is 0 Å². The lowest BCUT2D eigenvalue weighted by Gasteiger charge is -2.10. The monoisotopic (exact) mass is 460 g/mol. The lowest BCUT2D eigenvalue weighted by Crippen LogP contribution is -2.15. The zero-order valence-corrected chi connectivity index (χ0v) is 19.8. The number of ether oxygens (including phenoxy) is 1. The van der Waals surface area contributed by atoms with Crippen LogP contribution in [0.25, 0.3) is 0 Å². The third-order valence-electron chi connectivity index (χ3n) is 5.30. The number of primary amides is 1. The summed E-state index contributed by atoms with van der Waals surface area (Å²) in [5.41, 5.74) is 5.76. The first-order valence-electron chi connectivity index (χ1n) is 11.6. The van der Waals surface area contributed by atoms with E-state index in [1.165, 1.54) is 75.6 Å². The molecule has 176 valence electrons. The van der Waals surface area contributed by atoms with Crippen molar-refractivity contribution < 1.29 is 17.9 Å². The third kappa shape index (κ3) is 9.30. The highest BCUT2D eigenvalue weighted by molar-refractivity contribution is 7.92. The minimum absolute atomic E-state index is 0.119. The fraction of sp³-hybridized carbons (Fsp3) is 0.480. The SMILES string of the molecule is CCCCCCCCCCCCOc1ccc(S(=O)(=O)Nc2cccc(C(N)=O)c2)cc1. The predicted molar refractivity (Wildman–Crippen MR) is 130 cm³/mol. The second kappa shape index (κ2) is 13.8. The van der Waals surface area contributed by atoms with Crippen LogP contribution < -0.4 is 15.2 Å². The molecule has 7 heteroatoms. The van der Waals surface area contributed by atoms with Crippen molar-refractivity contribution in [2.24, 2.45) is 5.73 Å². The molecule has 2 aromatic rings. The summed E-state index contributed by atoms with van der Waals surface area (Å²) in [6.07, 6.45) is 12.7. The molecule has 0 radical (unpaired) electrons. The van der Waals surface area contributed by atoms with E-state index in [0.29, 0.717) is 12.4 Å². The maximum absolute atomic E-state index is 12.6. The number of hydrogen-bond acceptors (Lipinski definition) is 4. The quantitative estimate of drug-likeness (QED) is 0.305. The van der Waals surface area contributed by atoms with Crippen molar-refractivity contribution in [1.29, 1.82) is 0 Å². The van der Waals surface area contributed by atoms with Crippen LogP contribution >= 0.6 is 0 Å². The van der Waals surface area contributed by atoms with Crippen LogP contribution in [0.1, 0.15) is 81.5 Å². The Hall–Kier alpha value is -2.54. The van der Waals surface area contributed by atoms with Gasteiger partial charge in [-0.1, -0.05) is 70.8 Å². The fourth-order valence-corrected chi connectivity index (χ4v) is 4.49. The van der Waals surface area contributed by atoms with Crippen LogP contribution in [-0.4, -0.2) is 20.9 Å². The van der Waals surface area contributed by atoms with Crippen molar-refractivity contribution >= 4 is 21.6 Å². The Morgan fingerprint density at radius 3 is 2.06 bits per heavy atom. The van der Waals surface area contributed by atoms with Gasteiger partial charge in [-0.25, -0.2) is 8.42 Å². The number of hydrogen-bond donors (Lipinski definition) is 2. The van der Waals surface area contributed by atoms with Crippen LogP contribution in [-0.2, 0) is 10.0 Å². The van der Waals surface area contributed by atoms with Gasteiger partial charge in [-0.05, 0) is 48.9 Å². The number of rotatable bonds is 16. The topological polar surface area (TPSA) is 98.5 Å². The number of sulfonamides is 1. The van der Waals surface area contributed by atoms with Crippen molar-refractivity contribution in [3.05, 3.63) is 54.1 Å². The molecule has 0 fully saturated rings. The molecule has 0 aromatic heterocycles. The second-order valence-electron chi connectivity index (χ2n) is 8.05. The molecule has 32 heavy (non-hydrogen) atoms. The maximum atomic E-state index is 12.6. The van der Waals surface area contributed by atoms with E-state index in [2.05, 4.69) is 11.6 Å². The predicted octanol–water partition coefficient (Wildman–Crippen LogP) is 5.89. The zero-order chi connectivity index (χ0) is 23.2. The normalized spacial score (nSPS) is 11.3. The standard InChI is InChI=1S/C25H36N2O4S/c1-2-3-4-5-6-7-8-9-10-11-19-31-23-15-17-24(18-16-23)32(29,30)27-22-14-12-13-21(20-22)25(26)28/h12-18,20,27H,2-11,19H2,1H3,(H2,26,28). The molecule has 3 N–H and O–H groups in total. The van der Waals surface area contributed by atoms with Crippen molar-refractivity contribution in [2.75, 3.05) is 11.3 Å². The molecule has 0 saturated carbocycles. The molecule has 0 spiro atoms. The van der Waals surface area contributed by atoms with Gasteiger partial charge in [0, 0.05) is 11.3 Å². The van der Waals surface area contributed by atoms with Crippen LogP contribution in [0.5, 0.6) is 5.75 Å². The van der Waals surface area contributed by atoms with Crippen LogP contribution in [0.15, 0.2) is 53.4 Å². The summed E-state index contributed by atoms with van der Waals surface area (Å²) < 4.78 is 33.4. The Morgan fingerprint density at radius 1 is 0.875 bits per heavy atom. The minimum Gasteiger partial charge on any atom is -0.494 e. The summed E-state index contributed by atoms with van der Waals surface area (Å²) >= 11 is 0. The molecule has 0 heterocycles. The Kier molecular flexibility index (Phi) is 11.1. The van der Waals surface area contributed by atoms with Crippen LogP contribution in [0.4, 0.5) is 5.69 Å². The van der Waals surface area contributed by atoms with E-state index in [1.807, 2.05) is 0 Å². The van der Waals surface area contributed by atoms with Gasteiger partial charge < -0.3 is 10.5 Å². The molecule has 0 bridgehead atoms. The molecule has 1 amide bonds. The smallest absolute Gasteiger partial charge is 0.261 e. The minimum atomic E-state index is -3.78. The number of benzene rings is 2. The molecule has 0 aliphatic heterocycles.